The molecule has 0 unspecified atom stereocenters. The van der Waals surface area contributed by atoms with Crippen molar-refractivity contribution in [2.45, 2.75) is 19.4 Å². The van der Waals surface area contributed by atoms with Crippen molar-refractivity contribution in [3.8, 4) is 11.8 Å². The van der Waals surface area contributed by atoms with Crippen molar-refractivity contribution in [2.75, 3.05) is 0 Å². The number of hydrogen-bond acceptors (Lipinski definition) is 4. The number of benzene rings is 3. The van der Waals surface area contributed by atoms with Crippen LogP contribution in [0.15, 0.2) is 76.3 Å². The highest BCUT2D eigenvalue weighted by Crippen LogP contribution is 2.32. The van der Waals surface area contributed by atoms with E-state index in [1.807, 2.05) is 42.5 Å². The smallest absolute Gasteiger partial charge is 0.332 e. The van der Waals surface area contributed by atoms with Crippen molar-refractivity contribution >= 4 is 21.9 Å². The molecule has 0 spiro atoms. The number of halogens is 2. The molecule has 178 valence electrons. The molecule has 0 aliphatic rings. The molecule has 0 aliphatic carbocycles. The summed E-state index contributed by atoms with van der Waals surface area (Å²) in [4.78, 5) is 30.0. The van der Waals surface area contributed by atoms with E-state index < -0.39 is 17.2 Å². The Labute approximate surface area is 198 Å². The third kappa shape index (κ3) is 3.99. The summed E-state index contributed by atoms with van der Waals surface area (Å²) in [5.74, 6) is -2.91. The molecule has 3 aromatic carbocycles. The number of fused-ring (bicyclic) bond motifs is 2. The second-order valence-corrected chi connectivity index (χ2v) is 8.56. The lowest BCUT2D eigenvalue weighted by Gasteiger charge is -2.13. The molecule has 0 bridgehead atoms. The molecule has 0 saturated heterocycles. The molecule has 7 nitrogen and oxygen atoms in total. The summed E-state index contributed by atoms with van der Waals surface area (Å²) >= 11 is 0. The van der Waals surface area contributed by atoms with E-state index in [2.05, 4.69) is 4.98 Å². The number of rotatable bonds is 5. The van der Waals surface area contributed by atoms with Crippen LogP contribution in [0.5, 0.6) is 11.8 Å². The third-order valence-electron chi connectivity index (χ3n) is 6.02. The van der Waals surface area contributed by atoms with E-state index in [1.165, 1.54) is 42.9 Å². The third-order valence-corrected chi connectivity index (χ3v) is 6.02. The maximum absolute atomic E-state index is 13.9. The van der Waals surface area contributed by atoms with E-state index in [0.29, 0.717) is 0 Å². The van der Waals surface area contributed by atoms with E-state index in [0.717, 1.165) is 27.8 Å². The van der Waals surface area contributed by atoms with Gasteiger partial charge in [-0.3, -0.25) is 18.5 Å². The molecule has 0 fully saturated rings. The van der Waals surface area contributed by atoms with E-state index >= 15 is 0 Å². The first-order valence-electron chi connectivity index (χ1n) is 10.9. The van der Waals surface area contributed by atoms with Crippen LogP contribution in [0.3, 0.4) is 0 Å². The summed E-state index contributed by atoms with van der Waals surface area (Å²) in [7, 11) is 2.91. The number of imidazole rings is 1. The van der Waals surface area contributed by atoms with Gasteiger partial charge in [0.15, 0.2) is 11.2 Å². The fourth-order valence-corrected chi connectivity index (χ4v) is 4.11. The minimum Gasteiger partial charge on any atom is -0.425 e. The van der Waals surface area contributed by atoms with Crippen LogP contribution in [-0.2, 0) is 26.6 Å². The first kappa shape index (κ1) is 22.5. The Morgan fingerprint density at radius 1 is 0.914 bits per heavy atom. The number of hydrogen-bond donors (Lipinski definition) is 0. The van der Waals surface area contributed by atoms with E-state index in [9.17, 15) is 18.4 Å². The fraction of sp³-hybridized carbons (Fsp3) is 0.192. The van der Waals surface area contributed by atoms with Crippen molar-refractivity contribution in [3.63, 3.8) is 0 Å². The van der Waals surface area contributed by atoms with Crippen molar-refractivity contribution in [1.29, 1.82) is 0 Å². The lowest BCUT2D eigenvalue weighted by atomic mass is 10.1. The van der Waals surface area contributed by atoms with Crippen LogP contribution in [0.25, 0.3) is 21.9 Å². The predicted molar refractivity (Wildman–Crippen MR) is 129 cm³/mol. The largest absolute Gasteiger partial charge is 0.425 e. The average Bonchev–Trinajstić information content (AvgIpc) is 3.18. The Kier molecular flexibility index (Phi) is 5.27. The summed E-state index contributed by atoms with van der Waals surface area (Å²) in [5.41, 5.74) is -0.0780. The number of aromatic nitrogens is 4. The van der Waals surface area contributed by atoms with E-state index in [-0.39, 0.29) is 35.0 Å². The Morgan fingerprint density at radius 3 is 2.40 bits per heavy atom. The Hall–Kier alpha value is -4.27. The Bertz CT molecular complexity index is 1710. The van der Waals surface area contributed by atoms with Gasteiger partial charge in [-0.15, -0.1) is 0 Å². The van der Waals surface area contributed by atoms with Gasteiger partial charge in [0.1, 0.15) is 5.75 Å². The maximum Gasteiger partial charge on any atom is 0.332 e. The molecule has 9 heteroatoms. The van der Waals surface area contributed by atoms with Gasteiger partial charge in [0.2, 0.25) is 0 Å². The normalized spacial score (nSPS) is 11.9. The summed E-state index contributed by atoms with van der Waals surface area (Å²) in [6, 6.07) is 19.3. The van der Waals surface area contributed by atoms with Gasteiger partial charge < -0.3 is 4.74 Å². The minimum absolute atomic E-state index is 0.0167. The van der Waals surface area contributed by atoms with Crippen LogP contribution >= 0.6 is 0 Å². The number of aryl methyl sites for hydroxylation is 1. The molecule has 5 aromatic rings. The molecule has 35 heavy (non-hydrogen) atoms. The molecule has 0 atom stereocenters. The SMILES string of the molecule is Cn1c(=O)c2c(nc(Oc3cccc(C(C)(F)F)c3)n2Cc2ccc3ccccc3c2)n(C)c1=O. The van der Waals surface area contributed by atoms with Crippen molar-refractivity contribution < 1.29 is 13.5 Å². The van der Waals surface area contributed by atoms with Gasteiger partial charge in [-0.05, 0) is 34.5 Å². The Balaban J connectivity index is 1.69. The van der Waals surface area contributed by atoms with Crippen molar-refractivity contribution in [1.82, 2.24) is 18.7 Å². The second-order valence-electron chi connectivity index (χ2n) is 8.56. The number of nitrogens with zero attached hydrogens (tertiary/aromatic N) is 4. The molecule has 0 amide bonds. The highest BCUT2D eigenvalue weighted by atomic mass is 19.3. The van der Waals surface area contributed by atoms with Gasteiger partial charge in [-0.25, -0.2) is 13.6 Å². The highest BCUT2D eigenvalue weighted by molar-refractivity contribution is 5.83. The molecular weight excluding hydrogens is 454 g/mol. The fourth-order valence-electron chi connectivity index (χ4n) is 4.11. The highest BCUT2D eigenvalue weighted by Gasteiger charge is 2.25. The van der Waals surface area contributed by atoms with Gasteiger partial charge in [-0.1, -0.05) is 48.5 Å². The van der Waals surface area contributed by atoms with Gasteiger partial charge in [0, 0.05) is 26.6 Å². The molecule has 0 saturated carbocycles. The van der Waals surface area contributed by atoms with Gasteiger partial charge in [-0.2, -0.15) is 4.98 Å². The van der Waals surface area contributed by atoms with E-state index in [4.69, 9.17) is 4.74 Å². The van der Waals surface area contributed by atoms with E-state index in [1.54, 1.807) is 4.57 Å². The van der Waals surface area contributed by atoms with Crippen LogP contribution < -0.4 is 16.0 Å². The molecule has 2 aromatic heterocycles. The second kappa shape index (κ2) is 8.19. The first-order chi connectivity index (χ1) is 16.6. The molecular formula is C26H22F2N4O3. The number of ether oxygens (including phenoxy) is 1. The molecule has 0 N–H and O–H groups in total. The van der Waals surface area contributed by atoms with Crippen LogP contribution in [0.4, 0.5) is 8.78 Å². The summed E-state index contributed by atoms with van der Waals surface area (Å²) in [5, 5.41) is 2.09. The molecule has 0 radical (unpaired) electrons. The van der Waals surface area contributed by atoms with Crippen molar-refractivity contribution in [2.24, 2.45) is 14.1 Å². The Morgan fingerprint density at radius 2 is 1.66 bits per heavy atom. The minimum atomic E-state index is -3.05. The standard InChI is InChI=1S/C26H22F2N4O3/c1-26(27,28)19-9-6-10-20(14-19)35-24-29-22-21(23(33)31(3)25(34)30(22)2)32(24)15-16-11-12-17-7-4-5-8-18(17)13-16/h4-14H,15H2,1-3H3. The zero-order valence-corrected chi connectivity index (χ0v) is 19.3. The summed E-state index contributed by atoms with van der Waals surface area (Å²) in [6.07, 6.45) is 0. The molecule has 2 heterocycles. The summed E-state index contributed by atoms with van der Waals surface area (Å²) < 4.78 is 37.5. The van der Waals surface area contributed by atoms with Gasteiger partial charge in [0.05, 0.1) is 6.54 Å². The number of alkyl halides is 2. The lowest BCUT2D eigenvalue weighted by molar-refractivity contribution is 0.0173. The van der Waals surface area contributed by atoms with Gasteiger partial charge in [0.25, 0.3) is 11.5 Å². The monoisotopic (exact) mass is 476 g/mol. The molecule has 5 rings (SSSR count). The lowest BCUT2D eigenvalue weighted by Crippen LogP contribution is -2.37. The zero-order valence-electron chi connectivity index (χ0n) is 19.3. The van der Waals surface area contributed by atoms with Crippen LogP contribution in [-0.4, -0.2) is 18.7 Å². The van der Waals surface area contributed by atoms with Crippen molar-refractivity contribution in [3.05, 3.63) is 98.7 Å². The molecule has 0 aliphatic heterocycles. The predicted octanol–water partition coefficient (Wildman–Crippen LogP) is 4.54. The van der Waals surface area contributed by atoms with Crippen LogP contribution in [0.2, 0.25) is 0 Å². The topological polar surface area (TPSA) is 71.1 Å². The maximum atomic E-state index is 13.9. The van der Waals surface area contributed by atoms with Crippen LogP contribution in [0.1, 0.15) is 18.1 Å². The first-order valence-corrected chi connectivity index (χ1v) is 10.9. The quantitative estimate of drug-likeness (QED) is 0.374. The average molecular weight is 476 g/mol. The summed E-state index contributed by atoms with van der Waals surface area (Å²) in [6.45, 7) is 1.02. The van der Waals surface area contributed by atoms with Crippen LogP contribution in [0, 0.1) is 0 Å². The zero-order chi connectivity index (χ0) is 24.9. The van der Waals surface area contributed by atoms with Gasteiger partial charge >= 0.3 is 11.7 Å².